The number of rotatable bonds is 12. The molecule has 0 heterocycles. The molecule has 4 heteroatoms. The van der Waals surface area contributed by atoms with Gasteiger partial charge in [-0.2, -0.15) is 0 Å². The van der Waals surface area contributed by atoms with E-state index >= 15 is 0 Å². The van der Waals surface area contributed by atoms with Crippen molar-refractivity contribution < 1.29 is 18.9 Å². The quantitative estimate of drug-likeness (QED) is 0.549. The van der Waals surface area contributed by atoms with Gasteiger partial charge in [0.05, 0.1) is 38.1 Å². The van der Waals surface area contributed by atoms with Crippen LogP contribution in [0.25, 0.3) is 0 Å². The maximum atomic E-state index is 5.69. The van der Waals surface area contributed by atoms with Crippen LogP contribution in [-0.2, 0) is 18.9 Å². The summed E-state index contributed by atoms with van der Waals surface area (Å²) < 4.78 is 22.3. The molecular weight excluding hydrogens is 244 g/mol. The summed E-state index contributed by atoms with van der Waals surface area (Å²) in [6, 6.07) is 0. The fourth-order valence-electron chi connectivity index (χ4n) is 1.50. The molecular formula is C15H32O4. The number of hydrogen-bond donors (Lipinski definition) is 0. The van der Waals surface area contributed by atoms with Gasteiger partial charge >= 0.3 is 0 Å². The molecule has 0 aromatic rings. The van der Waals surface area contributed by atoms with E-state index in [1.54, 1.807) is 0 Å². The third-order valence-corrected chi connectivity index (χ3v) is 2.49. The third-order valence-electron chi connectivity index (χ3n) is 2.49. The molecule has 0 aliphatic rings. The second kappa shape index (κ2) is 11.6. The number of ether oxygens (including phenoxy) is 4. The zero-order chi connectivity index (χ0) is 14.7. The lowest BCUT2D eigenvalue weighted by molar-refractivity contribution is -0.0799. The van der Waals surface area contributed by atoms with Gasteiger partial charge in [0.15, 0.2) is 0 Å². The van der Waals surface area contributed by atoms with Crippen molar-refractivity contribution in [2.45, 2.75) is 59.9 Å². The summed E-state index contributed by atoms with van der Waals surface area (Å²) in [5.74, 6) is 0.564. The van der Waals surface area contributed by atoms with Crippen LogP contribution in [0, 0.1) is 5.92 Å². The average Bonchev–Trinajstić information content (AvgIpc) is 2.33. The molecule has 3 atom stereocenters. The standard InChI is InChI=1S/C15H32O4/c1-7-17-14(5)10-19-15(6)11-18-13(4)9-16-8-12(2)3/h12-15H,7-11H2,1-6H3. The first-order valence-corrected chi connectivity index (χ1v) is 7.38. The van der Waals surface area contributed by atoms with E-state index in [0.717, 1.165) is 13.2 Å². The number of hydrogen-bond acceptors (Lipinski definition) is 4. The lowest BCUT2D eigenvalue weighted by Crippen LogP contribution is -2.26. The van der Waals surface area contributed by atoms with Crippen LogP contribution in [0.2, 0.25) is 0 Å². The van der Waals surface area contributed by atoms with E-state index in [1.165, 1.54) is 0 Å². The summed E-state index contributed by atoms with van der Waals surface area (Å²) in [5, 5.41) is 0. The topological polar surface area (TPSA) is 36.9 Å². The molecule has 0 aliphatic carbocycles. The van der Waals surface area contributed by atoms with Crippen LogP contribution in [0.5, 0.6) is 0 Å². The van der Waals surface area contributed by atoms with Crippen LogP contribution >= 0.6 is 0 Å². The Morgan fingerprint density at radius 1 is 0.632 bits per heavy atom. The molecule has 0 radical (unpaired) electrons. The van der Waals surface area contributed by atoms with Crippen LogP contribution < -0.4 is 0 Å². The second-order valence-electron chi connectivity index (χ2n) is 5.49. The van der Waals surface area contributed by atoms with Crippen LogP contribution in [0.15, 0.2) is 0 Å². The SMILES string of the molecule is CCOC(C)COC(C)COC(C)COCC(C)C. The van der Waals surface area contributed by atoms with Crippen molar-refractivity contribution in [3.63, 3.8) is 0 Å². The van der Waals surface area contributed by atoms with Crippen molar-refractivity contribution >= 4 is 0 Å². The zero-order valence-corrected chi connectivity index (χ0v) is 13.5. The fourth-order valence-corrected chi connectivity index (χ4v) is 1.50. The first-order valence-electron chi connectivity index (χ1n) is 7.38. The van der Waals surface area contributed by atoms with E-state index in [9.17, 15) is 0 Å². The van der Waals surface area contributed by atoms with Crippen molar-refractivity contribution in [3.8, 4) is 0 Å². The van der Waals surface area contributed by atoms with Crippen LogP contribution in [0.3, 0.4) is 0 Å². The summed E-state index contributed by atoms with van der Waals surface area (Å²) in [4.78, 5) is 0. The Morgan fingerprint density at radius 3 is 1.58 bits per heavy atom. The molecule has 3 unspecified atom stereocenters. The second-order valence-corrected chi connectivity index (χ2v) is 5.49. The molecule has 4 nitrogen and oxygen atoms in total. The van der Waals surface area contributed by atoms with E-state index in [0.29, 0.717) is 25.7 Å². The summed E-state index contributed by atoms with van der Waals surface area (Å²) in [6.07, 6.45) is 0.323. The minimum Gasteiger partial charge on any atom is -0.379 e. The van der Waals surface area contributed by atoms with Crippen molar-refractivity contribution in [1.29, 1.82) is 0 Å². The van der Waals surface area contributed by atoms with Crippen molar-refractivity contribution in [1.82, 2.24) is 0 Å². The Labute approximate surface area is 118 Å². The van der Waals surface area contributed by atoms with E-state index in [4.69, 9.17) is 18.9 Å². The Hall–Kier alpha value is -0.160. The van der Waals surface area contributed by atoms with Gasteiger partial charge in [-0.3, -0.25) is 0 Å². The third kappa shape index (κ3) is 12.6. The minimum atomic E-state index is 0.0791. The zero-order valence-electron chi connectivity index (χ0n) is 13.5. The molecule has 0 bridgehead atoms. The van der Waals surface area contributed by atoms with Gasteiger partial charge in [0.2, 0.25) is 0 Å². The molecule has 0 fully saturated rings. The first kappa shape index (κ1) is 18.8. The van der Waals surface area contributed by atoms with Gasteiger partial charge in [-0.25, -0.2) is 0 Å². The summed E-state index contributed by atoms with van der Waals surface area (Å²) in [7, 11) is 0. The Balaban J connectivity index is 3.52. The maximum Gasteiger partial charge on any atom is 0.0781 e. The highest BCUT2D eigenvalue weighted by molar-refractivity contribution is 4.55. The first-order chi connectivity index (χ1) is 8.95. The van der Waals surface area contributed by atoms with Crippen molar-refractivity contribution in [3.05, 3.63) is 0 Å². The molecule has 19 heavy (non-hydrogen) atoms. The molecule has 0 rings (SSSR count). The molecule has 0 saturated carbocycles. The molecule has 0 aromatic heterocycles. The smallest absolute Gasteiger partial charge is 0.0781 e. The fraction of sp³-hybridized carbons (Fsp3) is 1.00. The van der Waals surface area contributed by atoms with Crippen LogP contribution in [0.1, 0.15) is 41.5 Å². The predicted molar refractivity (Wildman–Crippen MR) is 77.6 cm³/mol. The monoisotopic (exact) mass is 276 g/mol. The maximum absolute atomic E-state index is 5.69. The molecule has 0 amide bonds. The Bertz CT molecular complexity index is 197. The Kier molecular flexibility index (Phi) is 11.6. The summed E-state index contributed by atoms with van der Waals surface area (Å²) in [6.45, 7) is 15.7. The van der Waals surface area contributed by atoms with E-state index < -0.39 is 0 Å². The normalized spacial score (nSPS) is 16.6. The molecule has 0 N–H and O–H groups in total. The molecule has 116 valence electrons. The van der Waals surface area contributed by atoms with Gasteiger partial charge < -0.3 is 18.9 Å². The predicted octanol–water partition coefficient (Wildman–Crippen LogP) is 2.89. The van der Waals surface area contributed by atoms with Gasteiger partial charge in [0, 0.05) is 13.2 Å². The van der Waals surface area contributed by atoms with Gasteiger partial charge in [0.25, 0.3) is 0 Å². The Morgan fingerprint density at radius 2 is 1.11 bits per heavy atom. The van der Waals surface area contributed by atoms with Gasteiger partial charge in [-0.1, -0.05) is 13.8 Å². The van der Waals surface area contributed by atoms with Gasteiger partial charge in [-0.15, -0.1) is 0 Å². The molecule has 0 spiro atoms. The van der Waals surface area contributed by atoms with Gasteiger partial charge in [0.1, 0.15) is 0 Å². The van der Waals surface area contributed by atoms with Crippen LogP contribution in [0.4, 0.5) is 0 Å². The molecule has 0 saturated heterocycles. The lowest BCUT2D eigenvalue weighted by Gasteiger charge is -2.20. The van der Waals surface area contributed by atoms with Gasteiger partial charge in [-0.05, 0) is 33.6 Å². The van der Waals surface area contributed by atoms with E-state index in [1.807, 2.05) is 27.7 Å². The van der Waals surface area contributed by atoms with Crippen molar-refractivity contribution in [2.75, 3.05) is 33.0 Å². The van der Waals surface area contributed by atoms with Crippen molar-refractivity contribution in [2.24, 2.45) is 5.92 Å². The highest BCUT2D eigenvalue weighted by Gasteiger charge is 2.09. The van der Waals surface area contributed by atoms with E-state index in [2.05, 4.69) is 13.8 Å². The molecule has 0 aromatic carbocycles. The summed E-state index contributed by atoms with van der Waals surface area (Å²) in [5.41, 5.74) is 0. The highest BCUT2D eigenvalue weighted by Crippen LogP contribution is 2.01. The minimum absolute atomic E-state index is 0.0791. The van der Waals surface area contributed by atoms with Crippen LogP contribution in [-0.4, -0.2) is 51.3 Å². The highest BCUT2D eigenvalue weighted by atomic mass is 16.6. The lowest BCUT2D eigenvalue weighted by atomic mass is 10.2. The average molecular weight is 276 g/mol. The molecule has 0 aliphatic heterocycles. The summed E-state index contributed by atoms with van der Waals surface area (Å²) >= 11 is 0. The van der Waals surface area contributed by atoms with E-state index in [-0.39, 0.29) is 18.3 Å². The largest absolute Gasteiger partial charge is 0.379 e.